The molecule has 2 amide bonds. The van der Waals surface area contributed by atoms with E-state index in [1.54, 1.807) is 55.6 Å². The second kappa shape index (κ2) is 7.88. The average molecular weight is 354 g/mol. The molecule has 2 rings (SSSR count). The molecule has 1 heterocycles. The van der Waals surface area contributed by atoms with Crippen molar-refractivity contribution in [1.82, 2.24) is 10.2 Å². The van der Waals surface area contributed by atoms with Crippen LogP contribution in [0, 0.1) is 5.82 Å². The van der Waals surface area contributed by atoms with Gasteiger partial charge in [0, 0.05) is 18.7 Å². The third kappa shape index (κ3) is 5.40. The summed E-state index contributed by atoms with van der Waals surface area (Å²) < 4.78 is 19.2. The fourth-order valence-corrected chi connectivity index (χ4v) is 3.30. The van der Waals surface area contributed by atoms with Crippen LogP contribution < -0.4 is 5.32 Å². The number of amides is 2. The number of halogens is 1. The number of hydrogen-bond acceptors (Lipinski definition) is 4. The van der Waals surface area contributed by atoms with Gasteiger partial charge in [-0.05, 0) is 32.4 Å². The first-order valence-electron chi connectivity index (χ1n) is 7.86. The molecule has 0 aliphatic carbocycles. The molecule has 0 radical (unpaired) electrons. The third-order valence-corrected chi connectivity index (χ3v) is 4.40. The monoisotopic (exact) mass is 354 g/mol. The van der Waals surface area contributed by atoms with Gasteiger partial charge in [0.2, 0.25) is 5.91 Å². The van der Waals surface area contributed by atoms with Gasteiger partial charge >= 0.3 is 6.09 Å². The second-order valence-corrected chi connectivity index (χ2v) is 7.71. The Morgan fingerprint density at radius 2 is 2.08 bits per heavy atom. The number of rotatable bonds is 4. The number of hydrogen-bond donors (Lipinski definition) is 1. The van der Waals surface area contributed by atoms with Gasteiger partial charge in [0.05, 0.1) is 5.88 Å². The van der Waals surface area contributed by atoms with Crippen molar-refractivity contribution in [2.45, 2.75) is 38.8 Å². The van der Waals surface area contributed by atoms with Gasteiger partial charge in [-0.3, -0.25) is 4.79 Å². The van der Waals surface area contributed by atoms with Crippen molar-refractivity contribution in [2.24, 2.45) is 0 Å². The molecule has 0 spiro atoms. The molecule has 1 aromatic rings. The van der Waals surface area contributed by atoms with Crippen LogP contribution >= 0.6 is 11.8 Å². The highest BCUT2D eigenvalue weighted by Gasteiger charge is 2.30. The van der Waals surface area contributed by atoms with Gasteiger partial charge in [-0.25, -0.2) is 9.18 Å². The van der Waals surface area contributed by atoms with E-state index in [9.17, 15) is 14.0 Å². The Hall–Kier alpha value is -1.76. The Bertz CT molecular complexity index is 598. The van der Waals surface area contributed by atoms with Crippen LogP contribution in [0.1, 0.15) is 26.3 Å². The first kappa shape index (κ1) is 18.6. The molecule has 1 aliphatic rings. The van der Waals surface area contributed by atoms with Crippen LogP contribution in [0.4, 0.5) is 9.18 Å². The van der Waals surface area contributed by atoms with Crippen molar-refractivity contribution >= 4 is 23.8 Å². The summed E-state index contributed by atoms with van der Waals surface area (Å²) in [6, 6.07) is 5.41. The molecule has 5 nitrogen and oxygen atoms in total. The van der Waals surface area contributed by atoms with Crippen LogP contribution in [0.15, 0.2) is 24.3 Å². The van der Waals surface area contributed by atoms with Crippen LogP contribution in [-0.2, 0) is 16.0 Å². The number of nitrogens with one attached hydrogen (secondary N) is 1. The number of thioether (sulfide) groups is 1. The minimum Gasteiger partial charge on any atom is -0.444 e. The summed E-state index contributed by atoms with van der Waals surface area (Å²) >= 11 is 1.65. The van der Waals surface area contributed by atoms with Gasteiger partial charge in [0.25, 0.3) is 0 Å². The maximum absolute atomic E-state index is 13.9. The van der Waals surface area contributed by atoms with Gasteiger partial charge in [0.15, 0.2) is 0 Å². The molecule has 1 aromatic carbocycles. The van der Waals surface area contributed by atoms with Crippen LogP contribution in [0.3, 0.4) is 0 Å². The minimum absolute atomic E-state index is 0.0892. The predicted molar refractivity (Wildman–Crippen MR) is 92.3 cm³/mol. The number of nitrogens with zero attached hydrogens (tertiary/aromatic N) is 1. The summed E-state index contributed by atoms with van der Waals surface area (Å²) in [5.41, 5.74) is -0.280. The van der Waals surface area contributed by atoms with Crippen molar-refractivity contribution in [3.05, 3.63) is 35.6 Å². The van der Waals surface area contributed by atoms with Gasteiger partial charge in [-0.15, -0.1) is 11.8 Å². The highest BCUT2D eigenvalue weighted by atomic mass is 32.2. The number of benzene rings is 1. The zero-order valence-electron chi connectivity index (χ0n) is 14.2. The van der Waals surface area contributed by atoms with E-state index in [4.69, 9.17) is 4.74 Å². The van der Waals surface area contributed by atoms with Gasteiger partial charge in [-0.1, -0.05) is 18.2 Å². The van der Waals surface area contributed by atoms with Crippen LogP contribution in [0.2, 0.25) is 0 Å². The minimum atomic E-state index is -0.851. The zero-order valence-corrected chi connectivity index (χ0v) is 15.0. The van der Waals surface area contributed by atoms with Gasteiger partial charge < -0.3 is 15.0 Å². The molecular weight excluding hydrogens is 331 g/mol. The molecule has 7 heteroatoms. The van der Waals surface area contributed by atoms with E-state index in [1.165, 1.54) is 6.07 Å². The van der Waals surface area contributed by atoms with Crippen molar-refractivity contribution in [2.75, 3.05) is 18.2 Å². The summed E-state index contributed by atoms with van der Waals surface area (Å²) in [6.45, 7) is 5.87. The second-order valence-electron chi connectivity index (χ2n) is 6.63. The molecule has 0 aromatic heterocycles. The van der Waals surface area contributed by atoms with E-state index in [1.807, 2.05) is 0 Å². The SMILES string of the molecule is CC(C)(C)OC(=O)N[C@@H](Cc1ccccc1F)C(=O)N1CCSC1. The third-order valence-electron chi connectivity index (χ3n) is 3.44. The van der Waals surface area contributed by atoms with E-state index in [0.29, 0.717) is 18.0 Å². The number of ether oxygens (including phenoxy) is 1. The predicted octanol–water partition coefficient (Wildman–Crippen LogP) is 2.79. The zero-order chi connectivity index (χ0) is 17.7. The van der Waals surface area contributed by atoms with E-state index in [2.05, 4.69) is 5.32 Å². The normalized spacial score (nSPS) is 15.9. The largest absolute Gasteiger partial charge is 0.444 e. The standard InChI is InChI=1S/C17H23FN2O3S/c1-17(2,3)23-16(22)19-14(15(21)20-8-9-24-11-20)10-12-6-4-5-7-13(12)18/h4-7,14H,8-11H2,1-3H3,(H,19,22)/t14-/m0/s1. The Labute approximate surface area is 145 Å². The maximum Gasteiger partial charge on any atom is 0.408 e. The molecule has 0 unspecified atom stereocenters. The van der Waals surface area contributed by atoms with Crippen molar-refractivity contribution in [1.29, 1.82) is 0 Å². The lowest BCUT2D eigenvalue weighted by Gasteiger charge is -2.26. The number of carbonyl (C=O) groups excluding carboxylic acids is 2. The van der Waals surface area contributed by atoms with Gasteiger partial charge in [-0.2, -0.15) is 0 Å². The van der Waals surface area contributed by atoms with Crippen LogP contribution in [0.25, 0.3) is 0 Å². The maximum atomic E-state index is 13.9. The van der Waals surface area contributed by atoms with Crippen molar-refractivity contribution < 1.29 is 18.7 Å². The van der Waals surface area contributed by atoms with E-state index >= 15 is 0 Å². The molecule has 1 aliphatic heterocycles. The molecule has 1 N–H and O–H groups in total. The van der Waals surface area contributed by atoms with E-state index < -0.39 is 23.6 Å². The fourth-order valence-electron chi connectivity index (χ4n) is 2.34. The first-order valence-corrected chi connectivity index (χ1v) is 9.01. The molecule has 24 heavy (non-hydrogen) atoms. The molecule has 1 fully saturated rings. The number of carbonyl (C=O) groups is 2. The van der Waals surface area contributed by atoms with E-state index in [0.717, 1.165) is 5.75 Å². The summed E-state index contributed by atoms with van der Waals surface area (Å²) in [4.78, 5) is 26.4. The van der Waals surface area contributed by atoms with Crippen molar-refractivity contribution in [3.63, 3.8) is 0 Å². The highest BCUT2D eigenvalue weighted by molar-refractivity contribution is 7.99. The van der Waals surface area contributed by atoms with Gasteiger partial charge in [0.1, 0.15) is 17.5 Å². The Kier molecular flexibility index (Phi) is 6.10. The lowest BCUT2D eigenvalue weighted by Crippen LogP contribution is -2.50. The summed E-state index contributed by atoms with van der Waals surface area (Å²) in [5.74, 6) is 0.846. The molecule has 132 valence electrons. The van der Waals surface area contributed by atoms with E-state index in [-0.39, 0.29) is 12.3 Å². The topological polar surface area (TPSA) is 58.6 Å². The molecule has 0 bridgehead atoms. The van der Waals surface area contributed by atoms with Crippen LogP contribution in [0.5, 0.6) is 0 Å². The summed E-state index contributed by atoms with van der Waals surface area (Å²) in [6.07, 6.45) is -0.588. The molecule has 0 saturated carbocycles. The Morgan fingerprint density at radius 3 is 2.67 bits per heavy atom. The quantitative estimate of drug-likeness (QED) is 0.903. The number of alkyl carbamates (subject to hydrolysis) is 1. The highest BCUT2D eigenvalue weighted by Crippen LogP contribution is 2.17. The van der Waals surface area contributed by atoms with Crippen LogP contribution in [-0.4, -0.2) is 46.7 Å². The molecular formula is C17H23FN2O3S. The fraction of sp³-hybridized carbons (Fsp3) is 0.529. The lowest BCUT2D eigenvalue weighted by molar-refractivity contribution is -0.132. The Morgan fingerprint density at radius 1 is 1.38 bits per heavy atom. The molecule has 1 saturated heterocycles. The average Bonchev–Trinajstić information content (AvgIpc) is 3.00. The van der Waals surface area contributed by atoms with Crippen molar-refractivity contribution in [3.8, 4) is 0 Å². The smallest absolute Gasteiger partial charge is 0.408 e. The lowest BCUT2D eigenvalue weighted by atomic mass is 10.0. The summed E-state index contributed by atoms with van der Waals surface area (Å²) in [5, 5.41) is 2.60. The first-order chi connectivity index (χ1) is 11.3. The summed E-state index contributed by atoms with van der Waals surface area (Å²) in [7, 11) is 0. The Balaban J connectivity index is 2.13. The molecule has 1 atom stereocenters.